The molecule has 12 nitrogen and oxygen atoms in total. The number of carbonyl (C=O) groups excluding carboxylic acids is 2. The number of hydrazine groups is 1. The number of methoxy groups -OCH3 is 2. The molecule has 1 aliphatic rings. The molecule has 0 aromatic carbocycles. The van der Waals surface area contributed by atoms with Gasteiger partial charge in [-0.25, -0.2) is 38.2 Å². The molecular weight excluding hydrogens is 420 g/mol. The molecule has 0 saturated carbocycles. The smallest absolute Gasteiger partial charge is 0.429 e. The molecule has 0 saturated heterocycles. The number of aryl methyl sites for hydroxylation is 2. The minimum Gasteiger partial charge on any atom is -0.452 e. The third kappa shape index (κ3) is 4.95. The van der Waals surface area contributed by atoms with Gasteiger partial charge in [0.05, 0.1) is 25.6 Å². The first-order valence-electron chi connectivity index (χ1n) is 7.59. The van der Waals surface area contributed by atoms with E-state index in [-0.39, 0.29) is 13.1 Å². The second-order valence-corrected chi connectivity index (χ2v) is 7.38. The number of hydrogen-bond acceptors (Lipinski definition) is 10. The highest BCUT2D eigenvalue weighted by Crippen LogP contribution is 2.27. The minimum absolute atomic E-state index is 0.216. The number of ether oxygens (including phenoxy) is 2. The van der Waals surface area contributed by atoms with E-state index < -0.39 is 22.4 Å². The van der Waals surface area contributed by atoms with E-state index in [1.165, 1.54) is 35.6 Å². The van der Waals surface area contributed by atoms with Gasteiger partial charge in [-0.2, -0.15) is 4.40 Å². The number of hydrogen-bond donors (Lipinski definition) is 0. The summed E-state index contributed by atoms with van der Waals surface area (Å²) in [5.41, 5.74) is 2.89. The van der Waals surface area contributed by atoms with Gasteiger partial charge in [0.25, 0.3) is 0 Å². The number of rotatable bonds is 0. The van der Waals surface area contributed by atoms with Crippen molar-refractivity contribution in [2.75, 3.05) is 14.2 Å². The van der Waals surface area contributed by atoms with Crippen LogP contribution >= 0.6 is 11.3 Å². The van der Waals surface area contributed by atoms with Gasteiger partial charge in [0.2, 0.25) is 0 Å². The molecule has 0 unspecified atom stereocenters. The van der Waals surface area contributed by atoms with Crippen molar-refractivity contribution < 1.29 is 52.3 Å². The molecule has 3 rings (SSSR count). The molecule has 0 bridgehead atoms. The summed E-state index contributed by atoms with van der Waals surface area (Å²) in [7, 11) is -2.38. The highest BCUT2D eigenvalue weighted by atomic mass is 35.7. The average molecular weight is 437 g/mol. The second kappa shape index (κ2) is 8.38. The van der Waals surface area contributed by atoms with Crippen LogP contribution in [0.15, 0.2) is 6.07 Å². The third-order valence-electron chi connectivity index (χ3n) is 3.70. The van der Waals surface area contributed by atoms with E-state index in [2.05, 4.69) is 4.98 Å². The summed E-state index contributed by atoms with van der Waals surface area (Å²) in [4.78, 5) is 30.4. The summed E-state index contributed by atoms with van der Waals surface area (Å²) in [5, 5.41) is 2.49. The van der Waals surface area contributed by atoms with Crippen molar-refractivity contribution in [2.45, 2.75) is 26.9 Å². The molecule has 2 aromatic heterocycles. The Balaban J connectivity index is 0.000000500. The Labute approximate surface area is 165 Å². The van der Waals surface area contributed by atoms with E-state index >= 15 is 0 Å². The van der Waals surface area contributed by atoms with Crippen LogP contribution in [0.1, 0.15) is 22.0 Å². The predicted octanol–water partition coefficient (Wildman–Crippen LogP) is -3.19. The molecule has 154 valence electrons. The average Bonchev–Trinajstić information content (AvgIpc) is 2.94. The van der Waals surface area contributed by atoms with Crippen LogP contribution in [-0.4, -0.2) is 41.4 Å². The molecule has 0 spiro atoms. The Bertz CT molecular complexity index is 894. The molecule has 0 radical (unpaired) electrons. The SMILES string of the molecule is COC(=O)N1Cc2sc3nc(C)cc(C)[n+]3c2CN1C(=O)OC.[O-][Cl+3]([O-])([O-])[O-]. The first-order chi connectivity index (χ1) is 13.0. The van der Waals surface area contributed by atoms with Crippen LogP contribution in [0.25, 0.3) is 4.96 Å². The van der Waals surface area contributed by atoms with Gasteiger partial charge in [-0.1, -0.05) is 0 Å². The first kappa shape index (κ1) is 22.0. The Morgan fingerprint density at radius 3 is 2.11 bits per heavy atom. The van der Waals surface area contributed by atoms with Crippen molar-refractivity contribution >= 4 is 28.5 Å². The molecule has 14 heteroatoms. The van der Waals surface area contributed by atoms with Gasteiger partial charge in [0.1, 0.15) is 17.9 Å². The van der Waals surface area contributed by atoms with E-state index in [4.69, 9.17) is 28.1 Å². The van der Waals surface area contributed by atoms with Crippen LogP contribution in [0.2, 0.25) is 0 Å². The largest absolute Gasteiger partial charge is 0.452 e. The topological polar surface area (TPSA) is 168 Å². The van der Waals surface area contributed by atoms with Crippen LogP contribution < -0.4 is 23.0 Å². The maximum absolute atomic E-state index is 12.0. The van der Waals surface area contributed by atoms with E-state index in [1.54, 1.807) is 0 Å². The van der Waals surface area contributed by atoms with Gasteiger partial charge < -0.3 is 9.47 Å². The molecule has 2 amide bonds. The van der Waals surface area contributed by atoms with Crippen molar-refractivity contribution in [1.82, 2.24) is 15.0 Å². The van der Waals surface area contributed by atoms with Crippen molar-refractivity contribution in [2.24, 2.45) is 0 Å². The Hall–Kier alpha value is -2.29. The number of aromatic nitrogens is 2. The van der Waals surface area contributed by atoms with Gasteiger partial charge in [-0.15, -0.1) is 10.2 Å². The monoisotopic (exact) mass is 436 g/mol. The van der Waals surface area contributed by atoms with Crippen molar-refractivity contribution in [3.63, 3.8) is 0 Å². The number of thiazole rings is 1. The van der Waals surface area contributed by atoms with Crippen LogP contribution in [0.3, 0.4) is 0 Å². The molecule has 28 heavy (non-hydrogen) atoms. The molecule has 3 heterocycles. The quantitative estimate of drug-likeness (QED) is 0.386. The van der Waals surface area contributed by atoms with Gasteiger partial charge in [0, 0.05) is 13.0 Å². The fourth-order valence-electron chi connectivity index (χ4n) is 2.71. The maximum atomic E-state index is 12.0. The zero-order valence-corrected chi connectivity index (χ0v) is 16.9. The lowest BCUT2D eigenvalue weighted by Crippen LogP contribution is -2.68. The van der Waals surface area contributed by atoms with Gasteiger partial charge in [-0.05, 0) is 23.2 Å². The molecule has 1 aliphatic heterocycles. The maximum Gasteiger partial charge on any atom is 0.429 e. The lowest BCUT2D eigenvalue weighted by Gasteiger charge is -2.34. The Morgan fingerprint density at radius 1 is 1.11 bits per heavy atom. The summed E-state index contributed by atoms with van der Waals surface area (Å²) in [6.45, 7) is 4.38. The first-order valence-corrected chi connectivity index (χ1v) is 9.64. The van der Waals surface area contributed by atoms with Crippen LogP contribution in [-0.2, 0) is 22.6 Å². The van der Waals surface area contributed by atoms with Gasteiger partial charge in [-0.3, -0.25) is 0 Å². The van der Waals surface area contributed by atoms with Gasteiger partial charge >= 0.3 is 17.1 Å². The van der Waals surface area contributed by atoms with Crippen LogP contribution in [0.4, 0.5) is 9.59 Å². The third-order valence-corrected chi connectivity index (χ3v) is 4.76. The van der Waals surface area contributed by atoms with E-state index in [9.17, 15) is 9.59 Å². The number of fused-ring (bicyclic) bond motifs is 3. The van der Waals surface area contributed by atoms with Crippen molar-refractivity contribution in [1.29, 1.82) is 0 Å². The fourth-order valence-corrected chi connectivity index (χ4v) is 3.93. The normalized spacial score (nSPS) is 13.6. The summed E-state index contributed by atoms with van der Waals surface area (Å²) < 4.78 is 45.5. The molecule has 2 aromatic rings. The molecule has 0 aliphatic carbocycles. The van der Waals surface area contributed by atoms with E-state index in [0.717, 1.165) is 26.9 Å². The van der Waals surface area contributed by atoms with Crippen LogP contribution in [0.5, 0.6) is 0 Å². The number of amides is 2. The summed E-state index contributed by atoms with van der Waals surface area (Å²) in [6.07, 6.45) is -1.22. The molecule has 0 atom stereocenters. The van der Waals surface area contributed by atoms with E-state index in [1.807, 2.05) is 24.3 Å². The van der Waals surface area contributed by atoms with Crippen molar-refractivity contribution in [3.05, 3.63) is 28.0 Å². The summed E-state index contributed by atoms with van der Waals surface area (Å²) >= 11 is 1.50. The minimum atomic E-state index is -4.94. The standard InChI is InChI=1S/C14H17N4O4S.ClHO4/c1-8-5-9(2)18-10-6-16(13(19)21-3)17(14(20)22-4)7-11(10)23-12(18)15-8;2-1(3,4)5/h5H,6-7H2,1-4H3;(H,2,3,4,5)/q+1;/p-1. The molecule has 0 fully saturated rings. The predicted molar refractivity (Wildman–Crippen MR) is 80.6 cm³/mol. The fraction of sp³-hybridized carbons (Fsp3) is 0.429. The number of nitrogens with zero attached hydrogens (tertiary/aromatic N) is 4. The van der Waals surface area contributed by atoms with Crippen molar-refractivity contribution in [3.8, 4) is 0 Å². The lowest BCUT2D eigenvalue weighted by molar-refractivity contribution is -2.00. The molecule has 0 N–H and O–H groups in total. The van der Waals surface area contributed by atoms with E-state index in [0.29, 0.717) is 0 Å². The zero-order chi connectivity index (χ0) is 21.2. The Morgan fingerprint density at radius 2 is 1.61 bits per heavy atom. The van der Waals surface area contributed by atoms with Gasteiger partial charge in [0.15, 0.2) is 5.69 Å². The highest BCUT2D eigenvalue weighted by Gasteiger charge is 2.38. The number of carbonyl (C=O) groups is 2. The summed E-state index contributed by atoms with van der Waals surface area (Å²) in [5.74, 6) is 0. The van der Waals surface area contributed by atoms with Crippen LogP contribution in [0, 0.1) is 24.1 Å². The summed E-state index contributed by atoms with van der Waals surface area (Å²) in [6, 6.07) is 1.98. The highest BCUT2D eigenvalue weighted by molar-refractivity contribution is 7.16. The lowest BCUT2D eigenvalue weighted by atomic mass is 10.2. The number of halogens is 1. The second-order valence-electron chi connectivity index (χ2n) is 5.56. The Kier molecular flexibility index (Phi) is 6.59. The zero-order valence-electron chi connectivity index (χ0n) is 15.3. The molecular formula is C14H17ClN4O8S.